The van der Waals surface area contributed by atoms with E-state index in [2.05, 4.69) is 0 Å². The van der Waals surface area contributed by atoms with E-state index in [0.29, 0.717) is 11.3 Å². The number of amides is 1. The normalized spacial score (nSPS) is 24.0. The quantitative estimate of drug-likeness (QED) is 0.845. The van der Waals surface area contributed by atoms with Gasteiger partial charge in [-0.05, 0) is 13.0 Å². The van der Waals surface area contributed by atoms with Crippen LogP contribution in [-0.2, 0) is 4.79 Å². The zero-order valence-electron chi connectivity index (χ0n) is 9.27. The molecule has 1 fully saturated rings. The molecule has 1 atom stereocenters. The van der Waals surface area contributed by atoms with Crippen molar-refractivity contribution in [2.24, 2.45) is 0 Å². The average Bonchev–Trinajstić information content (AvgIpc) is 2.85. The van der Waals surface area contributed by atoms with Gasteiger partial charge in [0, 0.05) is 13.0 Å². The fourth-order valence-electron chi connectivity index (χ4n) is 1.86. The van der Waals surface area contributed by atoms with Gasteiger partial charge in [0.05, 0.1) is 12.1 Å². The first-order valence-corrected chi connectivity index (χ1v) is 5.19. The number of carboxylic acids is 1. The van der Waals surface area contributed by atoms with Gasteiger partial charge in [0.15, 0.2) is 0 Å². The number of carbonyl (C=O) groups is 2. The molecule has 0 saturated carbocycles. The van der Waals surface area contributed by atoms with E-state index in [1.165, 1.54) is 11.2 Å². The SMILES string of the molecule is Cc1cc(C(=O)N2CCC(F)(C(=O)O)C2)co1. The molecule has 2 heterocycles. The first kappa shape index (κ1) is 11.6. The third kappa shape index (κ3) is 2.02. The molecular formula is C11H12FNO4. The number of alkyl halides is 1. The minimum Gasteiger partial charge on any atom is -0.479 e. The number of aryl methyl sites for hydroxylation is 1. The fraction of sp³-hybridized carbons (Fsp3) is 0.455. The number of carbonyl (C=O) groups excluding carboxylic acids is 1. The summed E-state index contributed by atoms with van der Waals surface area (Å²) >= 11 is 0. The third-order valence-electron chi connectivity index (χ3n) is 2.87. The lowest BCUT2D eigenvalue weighted by molar-refractivity contribution is -0.149. The number of rotatable bonds is 2. The van der Waals surface area contributed by atoms with Crippen LogP contribution in [0.3, 0.4) is 0 Å². The van der Waals surface area contributed by atoms with Crippen molar-refractivity contribution < 1.29 is 23.5 Å². The number of carboxylic acid groups (broad SMARTS) is 1. The fourth-order valence-corrected chi connectivity index (χ4v) is 1.86. The van der Waals surface area contributed by atoms with Crippen molar-refractivity contribution in [2.75, 3.05) is 13.1 Å². The van der Waals surface area contributed by atoms with Gasteiger partial charge in [0.1, 0.15) is 12.0 Å². The van der Waals surface area contributed by atoms with Gasteiger partial charge in [0.2, 0.25) is 5.67 Å². The molecule has 0 aromatic carbocycles. The van der Waals surface area contributed by atoms with Crippen LogP contribution in [0.25, 0.3) is 0 Å². The molecule has 2 rings (SSSR count). The molecule has 0 bridgehead atoms. The van der Waals surface area contributed by atoms with E-state index < -0.39 is 24.1 Å². The Balaban J connectivity index is 2.11. The molecule has 1 amide bonds. The van der Waals surface area contributed by atoms with E-state index >= 15 is 0 Å². The van der Waals surface area contributed by atoms with Crippen LogP contribution in [0.1, 0.15) is 22.5 Å². The molecular weight excluding hydrogens is 229 g/mol. The summed E-state index contributed by atoms with van der Waals surface area (Å²) < 4.78 is 18.7. The molecule has 1 saturated heterocycles. The van der Waals surface area contributed by atoms with E-state index in [9.17, 15) is 14.0 Å². The Kier molecular flexibility index (Phi) is 2.65. The lowest BCUT2D eigenvalue weighted by Crippen LogP contribution is -2.38. The average molecular weight is 241 g/mol. The van der Waals surface area contributed by atoms with Crippen molar-refractivity contribution in [2.45, 2.75) is 19.0 Å². The standard InChI is InChI=1S/C11H12FNO4/c1-7-4-8(5-17-7)9(14)13-3-2-11(12,6-13)10(15)16/h4-5H,2-3,6H2,1H3,(H,15,16). The Hall–Kier alpha value is -1.85. The highest BCUT2D eigenvalue weighted by molar-refractivity contribution is 5.95. The number of nitrogens with zero attached hydrogens (tertiary/aromatic N) is 1. The number of likely N-dealkylation sites (tertiary alicyclic amines) is 1. The van der Waals surface area contributed by atoms with Crippen molar-refractivity contribution in [1.82, 2.24) is 4.90 Å². The predicted molar refractivity (Wildman–Crippen MR) is 55.4 cm³/mol. The van der Waals surface area contributed by atoms with E-state index in [-0.39, 0.29) is 13.0 Å². The van der Waals surface area contributed by atoms with Gasteiger partial charge in [-0.2, -0.15) is 0 Å². The van der Waals surface area contributed by atoms with Crippen LogP contribution < -0.4 is 0 Å². The van der Waals surface area contributed by atoms with Crippen molar-refractivity contribution in [3.8, 4) is 0 Å². The highest BCUT2D eigenvalue weighted by Gasteiger charge is 2.47. The zero-order valence-corrected chi connectivity index (χ0v) is 9.27. The first-order chi connectivity index (χ1) is 7.92. The first-order valence-electron chi connectivity index (χ1n) is 5.19. The summed E-state index contributed by atoms with van der Waals surface area (Å²) in [4.78, 5) is 23.8. The second kappa shape index (κ2) is 3.87. The number of hydrogen-bond donors (Lipinski definition) is 1. The largest absolute Gasteiger partial charge is 0.479 e. The van der Waals surface area contributed by atoms with Gasteiger partial charge in [0.25, 0.3) is 5.91 Å². The maximum atomic E-state index is 13.7. The third-order valence-corrected chi connectivity index (χ3v) is 2.87. The van der Waals surface area contributed by atoms with Crippen LogP contribution >= 0.6 is 0 Å². The van der Waals surface area contributed by atoms with Gasteiger partial charge in [-0.3, -0.25) is 4.79 Å². The van der Waals surface area contributed by atoms with E-state index in [1.54, 1.807) is 13.0 Å². The van der Waals surface area contributed by atoms with Crippen LogP contribution in [0.2, 0.25) is 0 Å². The summed E-state index contributed by atoms with van der Waals surface area (Å²) in [6.45, 7) is 1.38. The molecule has 5 nitrogen and oxygen atoms in total. The zero-order chi connectivity index (χ0) is 12.6. The van der Waals surface area contributed by atoms with E-state index in [4.69, 9.17) is 9.52 Å². The highest BCUT2D eigenvalue weighted by Crippen LogP contribution is 2.27. The second-order valence-corrected chi connectivity index (χ2v) is 4.19. The monoisotopic (exact) mass is 241 g/mol. The topological polar surface area (TPSA) is 70.8 Å². The maximum absolute atomic E-state index is 13.7. The number of hydrogen-bond acceptors (Lipinski definition) is 3. The summed E-state index contributed by atoms with van der Waals surface area (Å²) in [6, 6.07) is 1.54. The minimum absolute atomic E-state index is 0.103. The van der Waals surface area contributed by atoms with Gasteiger partial charge >= 0.3 is 5.97 Å². The summed E-state index contributed by atoms with van der Waals surface area (Å²) in [6.07, 6.45) is 1.11. The molecule has 0 aliphatic carbocycles. The van der Waals surface area contributed by atoms with Crippen molar-refractivity contribution in [1.29, 1.82) is 0 Å². The summed E-state index contributed by atoms with van der Waals surface area (Å²) in [5.74, 6) is -1.34. The molecule has 0 spiro atoms. The lowest BCUT2D eigenvalue weighted by atomic mass is 10.1. The molecule has 0 radical (unpaired) electrons. The molecule has 6 heteroatoms. The number of halogens is 1. The Bertz CT molecular complexity index is 470. The van der Waals surface area contributed by atoms with Gasteiger partial charge < -0.3 is 14.4 Å². The Morgan fingerprint density at radius 3 is 2.76 bits per heavy atom. The molecule has 1 N–H and O–H groups in total. The molecule has 92 valence electrons. The lowest BCUT2D eigenvalue weighted by Gasteiger charge is -2.16. The van der Waals surface area contributed by atoms with Gasteiger partial charge in [-0.25, -0.2) is 9.18 Å². The number of aliphatic carboxylic acids is 1. The van der Waals surface area contributed by atoms with Crippen molar-refractivity contribution >= 4 is 11.9 Å². The van der Waals surface area contributed by atoms with Crippen LogP contribution in [-0.4, -0.2) is 40.6 Å². The van der Waals surface area contributed by atoms with Crippen molar-refractivity contribution in [3.63, 3.8) is 0 Å². The Morgan fingerprint density at radius 2 is 2.29 bits per heavy atom. The van der Waals surface area contributed by atoms with Crippen molar-refractivity contribution in [3.05, 3.63) is 23.7 Å². The Morgan fingerprint density at radius 1 is 1.59 bits per heavy atom. The molecule has 1 aliphatic heterocycles. The smallest absolute Gasteiger partial charge is 0.343 e. The van der Waals surface area contributed by atoms with Crippen LogP contribution in [0.4, 0.5) is 4.39 Å². The number of furan rings is 1. The molecule has 17 heavy (non-hydrogen) atoms. The molecule has 1 aliphatic rings. The van der Waals surface area contributed by atoms with E-state index in [0.717, 1.165) is 0 Å². The van der Waals surface area contributed by atoms with Crippen LogP contribution in [0.5, 0.6) is 0 Å². The van der Waals surface area contributed by atoms with Gasteiger partial charge in [-0.15, -0.1) is 0 Å². The van der Waals surface area contributed by atoms with Gasteiger partial charge in [-0.1, -0.05) is 0 Å². The van der Waals surface area contributed by atoms with Crippen LogP contribution in [0.15, 0.2) is 16.7 Å². The maximum Gasteiger partial charge on any atom is 0.343 e. The molecule has 1 unspecified atom stereocenters. The summed E-state index contributed by atoms with van der Waals surface area (Å²) in [5.41, 5.74) is -2.01. The summed E-state index contributed by atoms with van der Waals surface area (Å²) in [7, 11) is 0. The molecule has 1 aromatic rings. The second-order valence-electron chi connectivity index (χ2n) is 4.19. The van der Waals surface area contributed by atoms with Crippen LogP contribution in [0, 0.1) is 6.92 Å². The molecule has 1 aromatic heterocycles. The summed E-state index contributed by atoms with van der Waals surface area (Å²) in [5, 5.41) is 8.72. The minimum atomic E-state index is -2.32. The highest BCUT2D eigenvalue weighted by atomic mass is 19.1. The van der Waals surface area contributed by atoms with E-state index in [1.807, 2.05) is 0 Å². The predicted octanol–water partition coefficient (Wildman–Crippen LogP) is 1.23. The Labute approximate surface area is 96.8 Å².